The average Bonchev–Trinajstić information content (AvgIpc) is 2.55. The van der Waals surface area contributed by atoms with Crippen molar-refractivity contribution < 1.29 is 14.1 Å². The molecule has 0 amide bonds. The highest BCUT2D eigenvalue weighted by molar-refractivity contribution is 5.64. The van der Waals surface area contributed by atoms with Crippen LogP contribution in [0.5, 0.6) is 0 Å². The van der Waals surface area contributed by atoms with Gasteiger partial charge in [0.2, 0.25) is 5.82 Å². The highest BCUT2D eigenvalue weighted by Gasteiger charge is 2.28. The first-order chi connectivity index (χ1) is 11.5. The molecule has 0 bridgehead atoms. The minimum atomic E-state index is -0.778. The molecule has 132 valence electrons. The molecule has 2 saturated heterocycles. The van der Waals surface area contributed by atoms with E-state index >= 15 is 0 Å². The summed E-state index contributed by atoms with van der Waals surface area (Å²) in [5.41, 5.74) is 0.512. The van der Waals surface area contributed by atoms with Gasteiger partial charge in [0.1, 0.15) is 5.69 Å². The van der Waals surface area contributed by atoms with E-state index in [0.717, 1.165) is 45.6 Å². The fourth-order valence-electron chi connectivity index (χ4n) is 3.67. The zero-order valence-corrected chi connectivity index (χ0v) is 14.0. The fraction of sp³-hybridized carbons (Fsp3) is 0.647. The molecule has 1 aromatic rings. The second kappa shape index (κ2) is 7.44. The van der Waals surface area contributed by atoms with Gasteiger partial charge in [-0.3, -0.25) is 15.0 Å². The Morgan fingerprint density at radius 2 is 2.08 bits per heavy atom. The van der Waals surface area contributed by atoms with Crippen LogP contribution >= 0.6 is 0 Å². The molecule has 2 heterocycles. The summed E-state index contributed by atoms with van der Waals surface area (Å²) in [5.74, 6) is -0.778. The third-order valence-electron chi connectivity index (χ3n) is 4.93. The maximum Gasteiger partial charge on any atom is 0.327 e. The lowest BCUT2D eigenvalue weighted by Gasteiger charge is -2.39. The zero-order valence-electron chi connectivity index (χ0n) is 14.0. The lowest BCUT2D eigenvalue weighted by Crippen LogP contribution is -2.47. The minimum absolute atomic E-state index is 0.130. The summed E-state index contributed by atoms with van der Waals surface area (Å²) in [6.45, 7) is 5.27. The Labute approximate surface area is 141 Å². The summed E-state index contributed by atoms with van der Waals surface area (Å²) >= 11 is 0. The number of halogens is 1. The molecule has 1 atom stereocenters. The largest absolute Gasteiger partial charge is 0.380 e. The molecule has 1 unspecified atom stereocenters. The number of aryl methyl sites for hydroxylation is 1. The predicted octanol–water partition coefficient (Wildman–Crippen LogP) is 3.10. The smallest absolute Gasteiger partial charge is 0.327 e. The van der Waals surface area contributed by atoms with Crippen molar-refractivity contribution in [1.82, 2.24) is 4.90 Å². The van der Waals surface area contributed by atoms with Crippen molar-refractivity contribution in [2.24, 2.45) is 0 Å². The summed E-state index contributed by atoms with van der Waals surface area (Å²) in [6.07, 6.45) is 4.07. The SMILES string of the molecule is Cc1cc(F)c([N+](=O)[O-])c(NC2CCN(C3CCCOC3)CC2)c1. The topological polar surface area (TPSA) is 67.6 Å². The van der Waals surface area contributed by atoms with Gasteiger partial charge in [-0.2, -0.15) is 4.39 Å². The molecule has 3 rings (SSSR count). The molecule has 0 spiro atoms. The van der Waals surface area contributed by atoms with Gasteiger partial charge >= 0.3 is 5.69 Å². The maximum atomic E-state index is 13.9. The van der Waals surface area contributed by atoms with E-state index in [2.05, 4.69) is 10.2 Å². The van der Waals surface area contributed by atoms with Gasteiger partial charge in [0, 0.05) is 31.8 Å². The van der Waals surface area contributed by atoms with Gasteiger partial charge in [0.15, 0.2) is 0 Å². The van der Waals surface area contributed by atoms with Crippen molar-refractivity contribution in [2.45, 2.75) is 44.7 Å². The third kappa shape index (κ3) is 3.84. The summed E-state index contributed by atoms with van der Waals surface area (Å²) in [5, 5.41) is 14.4. The van der Waals surface area contributed by atoms with Crippen molar-refractivity contribution in [3.63, 3.8) is 0 Å². The van der Waals surface area contributed by atoms with Crippen LogP contribution in [0.1, 0.15) is 31.2 Å². The van der Waals surface area contributed by atoms with Gasteiger partial charge in [0.25, 0.3) is 0 Å². The lowest BCUT2D eigenvalue weighted by molar-refractivity contribution is -0.386. The van der Waals surface area contributed by atoms with Crippen LogP contribution in [0.4, 0.5) is 15.8 Å². The lowest BCUT2D eigenvalue weighted by atomic mass is 10.00. The number of benzene rings is 1. The number of nitro groups is 1. The number of ether oxygens (including phenoxy) is 1. The molecule has 0 radical (unpaired) electrons. The van der Waals surface area contributed by atoms with Gasteiger partial charge in [-0.1, -0.05) is 0 Å². The number of hydrogen-bond donors (Lipinski definition) is 1. The van der Waals surface area contributed by atoms with Crippen molar-refractivity contribution in [3.8, 4) is 0 Å². The van der Waals surface area contributed by atoms with Gasteiger partial charge < -0.3 is 10.1 Å². The Morgan fingerprint density at radius 3 is 2.71 bits per heavy atom. The van der Waals surface area contributed by atoms with E-state index in [4.69, 9.17) is 4.74 Å². The third-order valence-corrected chi connectivity index (χ3v) is 4.93. The molecular formula is C17H24FN3O3. The van der Waals surface area contributed by atoms with E-state index in [1.54, 1.807) is 13.0 Å². The first-order valence-corrected chi connectivity index (χ1v) is 8.57. The molecule has 0 aromatic heterocycles. The summed E-state index contributed by atoms with van der Waals surface area (Å²) in [7, 11) is 0. The van der Waals surface area contributed by atoms with Gasteiger partial charge in [0.05, 0.1) is 11.5 Å². The monoisotopic (exact) mass is 337 g/mol. The number of piperidine rings is 1. The van der Waals surface area contributed by atoms with E-state index in [1.807, 2.05) is 0 Å². The second-order valence-corrected chi connectivity index (χ2v) is 6.73. The molecule has 7 heteroatoms. The number of anilines is 1. The standard InChI is InChI=1S/C17H24FN3O3/c1-12-9-15(18)17(21(22)23)16(10-12)19-13-4-6-20(7-5-13)14-3-2-8-24-11-14/h9-10,13-14,19H,2-8,11H2,1H3. The molecule has 6 nitrogen and oxygen atoms in total. The molecule has 1 N–H and O–H groups in total. The highest BCUT2D eigenvalue weighted by Crippen LogP contribution is 2.31. The Balaban J connectivity index is 1.63. The molecule has 0 aliphatic carbocycles. The molecule has 2 aliphatic rings. The van der Waals surface area contributed by atoms with Crippen LogP contribution < -0.4 is 5.32 Å². The summed E-state index contributed by atoms with van der Waals surface area (Å²) in [6, 6.07) is 3.48. The van der Waals surface area contributed by atoms with Gasteiger partial charge in [-0.25, -0.2) is 0 Å². The van der Waals surface area contributed by atoms with Crippen LogP contribution in [0.25, 0.3) is 0 Å². The van der Waals surface area contributed by atoms with Crippen LogP contribution in [-0.4, -0.2) is 48.2 Å². The number of likely N-dealkylation sites (tertiary alicyclic amines) is 1. The number of nitrogens with zero attached hydrogens (tertiary/aromatic N) is 2. The van der Waals surface area contributed by atoms with E-state index < -0.39 is 16.4 Å². The zero-order chi connectivity index (χ0) is 17.1. The molecule has 2 aliphatic heterocycles. The fourth-order valence-corrected chi connectivity index (χ4v) is 3.67. The van der Waals surface area contributed by atoms with Crippen molar-refractivity contribution in [3.05, 3.63) is 33.6 Å². The maximum absolute atomic E-state index is 13.9. The normalized spacial score (nSPS) is 23.2. The Kier molecular flexibility index (Phi) is 5.30. The summed E-state index contributed by atoms with van der Waals surface area (Å²) < 4.78 is 19.5. The Hall–Kier alpha value is -1.73. The quantitative estimate of drug-likeness (QED) is 0.675. The molecule has 2 fully saturated rings. The van der Waals surface area contributed by atoms with Crippen LogP contribution in [-0.2, 0) is 4.74 Å². The van der Waals surface area contributed by atoms with Crippen LogP contribution in [0.3, 0.4) is 0 Å². The van der Waals surface area contributed by atoms with Crippen molar-refractivity contribution >= 4 is 11.4 Å². The van der Waals surface area contributed by atoms with Crippen LogP contribution in [0, 0.1) is 22.9 Å². The number of rotatable bonds is 4. The first-order valence-electron chi connectivity index (χ1n) is 8.57. The van der Waals surface area contributed by atoms with Crippen LogP contribution in [0.15, 0.2) is 12.1 Å². The predicted molar refractivity (Wildman–Crippen MR) is 89.9 cm³/mol. The Bertz CT molecular complexity index is 597. The minimum Gasteiger partial charge on any atom is -0.380 e. The molecule has 24 heavy (non-hydrogen) atoms. The Morgan fingerprint density at radius 1 is 1.33 bits per heavy atom. The van der Waals surface area contributed by atoms with Gasteiger partial charge in [-0.15, -0.1) is 0 Å². The molecule has 0 saturated carbocycles. The second-order valence-electron chi connectivity index (χ2n) is 6.73. The van der Waals surface area contributed by atoms with Gasteiger partial charge in [-0.05, 0) is 50.3 Å². The van der Waals surface area contributed by atoms with Crippen molar-refractivity contribution in [2.75, 3.05) is 31.6 Å². The average molecular weight is 337 g/mol. The molecule has 1 aromatic carbocycles. The van der Waals surface area contributed by atoms with Crippen LogP contribution in [0.2, 0.25) is 0 Å². The van der Waals surface area contributed by atoms with E-state index in [1.165, 1.54) is 12.5 Å². The highest BCUT2D eigenvalue weighted by atomic mass is 19.1. The van der Waals surface area contributed by atoms with E-state index in [0.29, 0.717) is 11.6 Å². The molecular weight excluding hydrogens is 313 g/mol. The first kappa shape index (κ1) is 17.1. The number of hydrogen-bond acceptors (Lipinski definition) is 5. The number of nitro benzene ring substituents is 1. The van der Waals surface area contributed by atoms with E-state index in [9.17, 15) is 14.5 Å². The van der Waals surface area contributed by atoms with Crippen molar-refractivity contribution in [1.29, 1.82) is 0 Å². The van der Waals surface area contributed by atoms with E-state index in [-0.39, 0.29) is 11.7 Å². The summed E-state index contributed by atoms with van der Waals surface area (Å²) in [4.78, 5) is 13.0. The number of nitrogens with one attached hydrogen (secondary N) is 1.